The number of hydrogen-bond donors (Lipinski definition) is 0. The number of benzene rings is 6. The fraction of sp³-hybridized carbons (Fsp3) is 0.268. The number of pyridine rings is 1. The highest BCUT2D eigenvalue weighted by molar-refractivity contribution is 6.09. The Morgan fingerprint density at radius 3 is 1.97 bits per heavy atom. The number of hydrogen-bond acceptors (Lipinski definition) is 4. The first-order chi connectivity index (χ1) is 30.7. The van der Waals surface area contributed by atoms with Crippen LogP contribution in [-0.4, -0.2) is 16.2 Å². The Balaban J connectivity index is 1.07. The fourth-order valence-electron chi connectivity index (χ4n) is 9.66. The second-order valence-electron chi connectivity index (χ2n) is 19.2. The van der Waals surface area contributed by atoms with Crippen molar-refractivity contribution in [2.24, 2.45) is 0 Å². The van der Waals surface area contributed by atoms with E-state index >= 15 is 8.78 Å². The third kappa shape index (κ3) is 7.27. The highest BCUT2D eigenvalue weighted by Gasteiger charge is 2.34. The van der Waals surface area contributed by atoms with Gasteiger partial charge in [0.2, 0.25) is 0 Å². The van der Waals surface area contributed by atoms with Gasteiger partial charge in [0, 0.05) is 52.6 Å². The van der Waals surface area contributed by atoms with E-state index in [0.717, 1.165) is 98.0 Å². The topological polar surface area (TPSA) is 33.5 Å². The minimum absolute atomic E-state index is 0.0106. The summed E-state index contributed by atoms with van der Waals surface area (Å²) in [5, 5.41) is 2.29. The third-order valence-electron chi connectivity index (χ3n) is 13.2. The van der Waals surface area contributed by atoms with Crippen LogP contribution in [0, 0.1) is 17.5 Å². The standard InChI is InChI=1S/C56H53F3N4O/c1-33(2)45-25-37(54-47(58)28-39(57)29-48(54)59)26-46(34(3)4)55(45)62-32-61(50-17-10-11-18-51(50)62)40-23-36(35-13-12-14-35)24-42(30-40)64-41-19-20-44-43-15-8-9-16-49(43)63(52(44)31-41)53-27-38(21-22-60-53)56(5,6)7/h8-11,15-31,33-35H,12-14,32H2,1-7H3. The first-order valence-corrected chi connectivity index (χ1v) is 22.5. The van der Waals surface area contributed by atoms with Gasteiger partial charge in [-0.1, -0.05) is 85.2 Å². The number of anilines is 4. The summed E-state index contributed by atoms with van der Waals surface area (Å²) in [6.07, 6.45) is 5.38. The third-order valence-corrected chi connectivity index (χ3v) is 13.2. The lowest BCUT2D eigenvalue weighted by Gasteiger charge is -2.31. The Bertz CT molecular complexity index is 3050. The van der Waals surface area contributed by atoms with Crippen molar-refractivity contribution in [2.45, 2.75) is 90.9 Å². The summed E-state index contributed by atoms with van der Waals surface area (Å²) in [6.45, 7) is 15.6. The Morgan fingerprint density at radius 2 is 1.31 bits per heavy atom. The summed E-state index contributed by atoms with van der Waals surface area (Å²) in [5.41, 5.74) is 10.8. The summed E-state index contributed by atoms with van der Waals surface area (Å²) in [6, 6.07) is 39.5. The normalized spacial score (nSPS) is 14.3. The quantitative estimate of drug-likeness (QED) is 0.145. The predicted molar refractivity (Wildman–Crippen MR) is 256 cm³/mol. The molecule has 2 aliphatic rings. The van der Waals surface area contributed by atoms with Gasteiger partial charge in [-0.05, 0) is 131 Å². The van der Waals surface area contributed by atoms with Crippen LogP contribution in [0.2, 0.25) is 0 Å². The molecule has 3 heterocycles. The van der Waals surface area contributed by atoms with Crippen LogP contribution in [0.5, 0.6) is 11.5 Å². The van der Waals surface area contributed by atoms with Crippen molar-refractivity contribution < 1.29 is 17.9 Å². The molecule has 0 atom stereocenters. The van der Waals surface area contributed by atoms with Gasteiger partial charge in [0.1, 0.15) is 41.4 Å². The fourth-order valence-corrected chi connectivity index (χ4v) is 9.66. The maximum absolute atomic E-state index is 15.3. The van der Waals surface area contributed by atoms with Gasteiger partial charge < -0.3 is 14.5 Å². The van der Waals surface area contributed by atoms with E-state index in [1.54, 1.807) is 0 Å². The molecule has 0 amide bonds. The van der Waals surface area contributed by atoms with Crippen LogP contribution in [0.25, 0.3) is 38.8 Å². The molecule has 1 aliphatic heterocycles. The molecule has 0 spiro atoms. The van der Waals surface area contributed by atoms with Crippen LogP contribution in [0.3, 0.4) is 0 Å². The molecule has 1 aliphatic carbocycles. The van der Waals surface area contributed by atoms with Crippen molar-refractivity contribution in [2.75, 3.05) is 16.5 Å². The zero-order valence-corrected chi connectivity index (χ0v) is 37.5. The summed E-state index contributed by atoms with van der Waals surface area (Å²) in [4.78, 5) is 9.57. The molecule has 0 unspecified atom stereocenters. The first kappa shape index (κ1) is 41.5. The molecule has 5 nitrogen and oxygen atoms in total. The van der Waals surface area contributed by atoms with E-state index in [0.29, 0.717) is 18.2 Å². The van der Waals surface area contributed by atoms with Crippen LogP contribution in [-0.2, 0) is 5.41 Å². The second-order valence-corrected chi connectivity index (χ2v) is 19.2. The lowest BCUT2D eigenvalue weighted by Crippen LogP contribution is -2.26. The van der Waals surface area contributed by atoms with Gasteiger partial charge in [0.05, 0.1) is 28.0 Å². The molecule has 0 N–H and O–H groups in total. The molecule has 6 aromatic carbocycles. The second kappa shape index (κ2) is 15.9. The largest absolute Gasteiger partial charge is 0.457 e. The zero-order valence-electron chi connectivity index (χ0n) is 37.5. The zero-order chi connectivity index (χ0) is 44.6. The average Bonchev–Trinajstić information content (AvgIpc) is 3.78. The number of aromatic nitrogens is 2. The molecule has 10 rings (SSSR count). The number of ether oxygens (including phenoxy) is 1. The SMILES string of the molecule is CC(C)c1cc(-c2c(F)cc(F)cc2F)cc(C(C)C)c1N1CN(c2cc(Oc3ccc4c5ccccc5n(-c5cc(C(C)(C)C)ccn5)c4c3)cc(C3CCC3)c2)c2ccccc21. The van der Waals surface area contributed by atoms with Crippen LogP contribution < -0.4 is 14.5 Å². The number of rotatable bonds is 9. The Hall–Kier alpha value is -6.54. The predicted octanol–water partition coefficient (Wildman–Crippen LogP) is 16.1. The molecule has 0 bridgehead atoms. The van der Waals surface area contributed by atoms with Gasteiger partial charge in [-0.25, -0.2) is 18.2 Å². The lowest BCUT2D eigenvalue weighted by atomic mass is 9.80. The minimum Gasteiger partial charge on any atom is -0.457 e. The van der Waals surface area contributed by atoms with E-state index in [4.69, 9.17) is 9.72 Å². The highest BCUT2D eigenvalue weighted by Crippen LogP contribution is 2.51. The van der Waals surface area contributed by atoms with Gasteiger partial charge in [-0.3, -0.25) is 4.57 Å². The maximum Gasteiger partial charge on any atom is 0.137 e. The monoisotopic (exact) mass is 854 g/mol. The Labute approximate surface area is 373 Å². The number of halogens is 3. The van der Waals surface area contributed by atoms with Crippen molar-refractivity contribution >= 4 is 44.6 Å². The van der Waals surface area contributed by atoms with Crippen molar-refractivity contribution in [3.8, 4) is 28.4 Å². The van der Waals surface area contributed by atoms with Gasteiger partial charge in [-0.2, -0.15) is 0 Å². The summed E-state index contributed by atoms with van der Waals surface area (Å²) in [5.74, 6) is 0.0732. The van der Waals surface area contributed by atoms with Gasteiger partial charge >= 0.3 is 0 Å². The molecule has 324 valence electrons. The van der Waals surface area contributed by atoms with Crippen LogP contribution in [0.1, 0.15) is 108 Å². The average molecular weight is 855 g/mol. The molecule has 1 saturated carbocycles. The summed E-state index contributed by atoms with van der Waals surface area (Å²) in [7, 11) is 0. The summed E-state index contributed by atoms with van der Waals surface area (Å²) >= 11 is 0. The van der Waals surface area contributed by atoms with Crippen molar-refractivity contribution in [1.82, 2.24) is 9.55 Å². The van der Waals surface area contributed by atoms with Gasteiger partial charge in [-0.15, -0.1) is 0 Å². The smallest absolute Gasteiger partial charge is 0.137 e. The molecule has 64 heavy (non-hydrogen) atoms. The molecule has 8 aromatic rings. The van der Waals surface area contributed by atoms with E-state index in [1.165, 1.54) is 17.5 Å². The van der Waals surface area contributed by atoms with Crippen molar-refractivity contribution in [1.29, 1.82) is 0 Å². The Kier molecular flexibility index (Phi) is 10.3. The van der Waals surface area contributed by atoms with E-state index in [2.05, 4.69) is 160 Å². The van der Waals surface area contributed by atoms with E-state index < -0.39 is 17.5 Å². The molecule has 2 aromatic heterocycles. The minimum atomic E-state index is -0.938. The van der Waals surface area contributed by atoms with Crippen LogP contribution in [0.15, 0.2) is 128 Å². The lowest BCUT2D eigenvalue weighted by molar-refractivity contribution is 0.416. The first-order valence-electron chi connectivity index (χ1n) is 22.5. The highest BCUT2D eigenvalue weighted by atomic mass is 19.1. The van der Waals surface area contributed by atoms with Gasteiger partial charge in [0.25, 0.3) is 0 Å². The Morgan fingerprint density at radius 1 is 0.656 bits per heavy atom. The van der Waals surface area contributed by atoms with Gasteiger partial charge in [0.15, 0.2) is 0 Å². The number of para-hydroxylation sites is 3. The van der Waals surface area contributed by atoms with E-state index in [1.807, 2.05) is 18.3 Å². The van der Waals surface area contributed by atoms with Crippen molar-refractivity contribution in [3.63, 3.8) is 0 Å². The molecule has 1 fully saturated rings. The molecular weight excluding hydrogens is 802 g/mol. The number of nitrogens with zero attached hydrogens (tertiary/aromatic N) is 4. The van der Waals surface area contributed by atoms with Crippen molar-refractivity contribution in [3.05, 3.63) is 167 Å². The molecule has 0 radical (unpaired) electrons. The maximum atomic E-state index is 15.3. The van der Waals surface area contributed by atoms with Crippen LogP contribution >= 0.6 is 0 Å². The summed E-state index contributed by atoms with van der Waals surface area (Å²) < 4.78 is 53.9. The molecule has 8 heteroatoms. The number of fused-ring (bicyclic) bond motifs is 4. The molecule has 0 saturated heterocycles. The van der Waals surface area contributed by atoms with E-state index in [9.17, 15) is 4.39 Å². The molecular formula is C56H53F3N4O. The van der Waals surface area contributed by atoms with E-state index in [-0.39, 0.29) is 22.8 Å². The van der Waals surface area contributed by atoms with Crippen LogP contribution in [0.4, 0.5) is 35.9 Å².